The zero-order chi connectivity index (χ0) is 24.9. The highest BCUT2D eigenvalue weighted by Gasteiger charge is 2.35. The van der Waals surface area contributed by atoms with Gasteiger partial charge in [0.15, 0.2) is 11.5 Å². The maximum absolute atomic E-state index is 12.9. The molecule has 0 saturated carbocycles. The van der Waals surface area contributed by atoms with Gasteiger partial charge >= 0.3 is 0 Å². The van der Waals surface area contributed by atoms with Crippen LogP contribution < -0.4 is 9.47 Å². The number of para-hydroxylation sites is 1. The molecule has 0 aliphatic carbocycles. The predicted molar refractivity (Wildman–Crippen MR) is 133 cm³/mol. The lowest BCUT2D eigenvalue weighted by Gasteiger charge is -2.14. The minimum absolute atomic E-state index is 0.00927. The standard InChI is InChI=1S/C26H22N2O6S/c1-17-7-3-4-8-19(17)15-27-25(29)24(35-26(27)30)14-18-11-12-22(23(13-18)33-2)34-16-20-9-5-6-10-21(20)28(31)32/h3-14H,15-16H2,1-2H3/b24-14-. The number of carbonyl (C=O) groups is 2. The first kappa shape index (κ1) is 24.0. The number of nitro benzene ring substituents is 1. The third kappa shape index (κ3) is 5.36. The number of ether oxygens (including phenoxy) is 2. The third-order valence-electron chi connectivity index (χ3n) is 5.52. The van der Waals surface area contributed by atoms with Crippen LogP contribution in [0.25, 0.3) is 6.08 Å². The molecule has 4 rings (SSSR count). The van der Waals surface area contributed by atoms with Crippen LogP contribution in [0.5, 0.6) is 11.5 Å². The van der Waals surface area contributed by atoms with Crippen molar-refractivity contribution in [3.8, 4) is 11.5 Å². The van der Waals surface area contributed by atoms with E-state index in [-0.39, 0.29) is 30.0 Å². The minimum atomic E-state index is -0.453. The Morgan fingerprint density at radius 1 is 1.00 bits per heavy atom. The molecule has 0 unspecified atom stereocenters. The summed E-state index contributed by atoms with van der Waals surface area (Å²) < 4.78 is 11.2. The van der Waals surface area contributed by atoms with Gasteiger partial charge in [0, 0.05) is 6.07 Å². The van der Waals surface area contributed by atoms with Gasteiger partial charge in [-0.1, -0.05) is 42.5 Å². The quantitative estimate of drug-likeness (QED) is 0.226. The van der Waals surface area contributed by atoms with E-state index in [1.54, 1.807) is 42.5 Å². The predicted octanol–water partition coefficient (Wildman–Crippen LogP) is 5.73. The number of thioether (sulfide) groups is 1. The molecular formula is C26H22N2O6S. The van der Waals surface area contributed by atoms with Gasteiger partial charge in [0.25, 0.3) is 16.8 Å². The number of benzene rings is 3. The largest absolute Gasteiger partial charge is 0.493 e. The second-order valence-electron chi connectivity index (χ2n) is 7.78. The maximum atomic E-state index is 12.9. The number of carbonyl (C=O) groups excluding carboxylic acids is 2. The van der Waals surface area contributed by atoms with E-state index in [2.05, 4.69) is 0 Å². The summed E-state index contributed by atoms with van der Waals surface area (Å²) in [6.07, 6.45) is 1.64. The second-order valence-corrected chi connectivity index (χ2v) is 8.77. The Bertz CT molecular complexity index is 1340. The van der Waals surface area contributed by atoms with E-state index in [0.29, 0.717) is 27.5 Å². The third-order valence-corrected chi connectivity index (χ3v) is 6.43. The van der Waals surface area contributed by atoms with E-state index < -0.39 is 4.92 Å². The van der Waals surface area contributed by atoms with Crippen molar-refractivity contribution < 1.29 is 24.0 Å². The van der Waals surface area contributed by atoms with Crippen LogP contribution in [0.3, 0.4) is 0 Å². The molecule has 2 amide bonds. The number of aryl methyl sites for hydroxylation is 1. The zero-order valence-corrected chi connectivity index (χ0v) is 19.9. The summed E-state index contributed by atoms with van der Waals surface area (Å²) in [6.45, 7) is 2.15. The van der Waals surface area contributed by atoms with Gasteiger partial charge in [-0.15, -0.1) is 0 Å². The monoisotopic (exact) mass is 490 g/mol. The Hall–Kier alpha value is -4.11. The Balaban J connectivity index is 1.50. The summed E-state index contributed by atoms with van der Waals surface area (Å²) in [5.41, 5.74) is 2.99. The Morgan fingerprint density at radius 3 is 2.43 bits per heavy atom. The number of methoxy groups -OCH3 is 1. The molecule has 3 aromatic rings. The molecule has 9 heteroatoms. The molecule has 1 fully saturated rings. The highest BCUT2D eigenvalue weighted by molar-refractivity contribution is 8.18. The fourth-order valence-corrected chi connectivity index (χ4v) is 4.44. The maximum Gasteiger partial charge on any atom is 0.293 e. The Labute approximate surface area is 206 Å². The average Bonchev–Trinajstić information content (AvgIpc) is 3.11. The van der Waals surface area contributed by atoms with Gasteiger partial charge < -0.3 is 9.47 Å². The van der Waals surface area contributed by atoms with Crippen molar-refractivity contribution in [2.75, 3.05) is 7.11 Å². The lowest BCUT2D eigenvalue weighted by Crippen LogP contribution is -2.27. The summed E-state index contributed by atoms with van der Waals surface area (Å²) in [6, 6.07) is 19.1. The van der Waals surface area contributed by atoms with Crippen LogP contribution in [0.4, 0.5) is 10.5 Å². The van der Waals surface area contributed by atoms with Gasteiger partial charge in [0.1, 0.15) is 6.61 Å². The molecule has 178 valence electrons. The molecule has 0 N–H and O–H groups in total. The summed E-state index contributed by atoms with van der Waals surface area (Å²) in [5.74, 6) is 0.450. The molecular weight excluding hydrogens is 468 g/mol. The highest BCUT2D eigenvalue weighted by atomic mass is 32.2. The molecule has 8 nitrogen and oxygen atoms in total. The van der Waals surface area contributed by atoms with Crippen LogP contribution in [-0.2, 0) is 17.9 Å². The van der Waals surface area contributed by atoms with Crippen molar-refractivity contribution in [1.82, 2.24) is 4.90 Å². The zero-order valence-electron chi connectivity index (χ0n) is 19.1. The number of imide groups is 1. The van der Waals surface area contributed by atoms with E-state index in [1.165, 1.54) is 18.1 Å². The number of hydrogen-bond donors (Lipinski definition) is 0. The highest BCUT2D eigenvalue weighted by Crippen LogP contribution is 2.36. The molecule has 1 heterocycles. The van der Waals surface area contributed by atoms with Crippen molar-refractivity contribution in [3.05, 3.63) is 104 Å². The molecule has 0 radical (unpaired) electrons. The number of amides is 2. The van der Waals surface area contributed by atoms with Crippen molar-refractivity contribution in [2.24, 2.45) is 0 Å². The van der Waals surface area contributed by atoms with Crippen LogP contribution in [0, 0.1) is 17.0 Å². The van der Waals surface area contributed by atoms with E-state index >= 15 is 0 Å². The lowest BCUT2D eigenvalue weighted by atomic mass is 10.1. The lowest BCUT2D eigenvalue weighted by molar-refractivity contribution is -0.385. The van der Waals surface area contributed by atoms with E-state index in [1.807, 2.05) is 31.2 Å². The normalized spacial score (nSPS) is 14.5. The van der Waals surface area contributed by atoms with Gasteiger partial charge in [0.05, 0.1) is 29.0 Å². The fraction of sp³-hybridized carbons (Fsp3) is 0.154. The van der Waals surface area contributed by atoms with Crippen molar-refractivity contribution in [3.63, 3.8) is 0 Å². The smallest absolute Gasteiger partial charge is 0.293 e. The van der Waals surface area contributed by atoms with Crippen LogP contribution in [-0.4, -0.2) is 28.1 Å². The van der Waals surface area contributed by atoms with Crippen LogP contribution >= 0.6 is 11.8 Å². The van der Waals surface area contributed by atoms with Gasteiger partial charge in [-0.05, 0) is 59.7 Å². The van der Waals surface area contributed by atoms with Crippen molar-refractivity contribution in [1.29, 1.82) is 0 Å². The van der Waals surface area contributed by atoms with Crippen LogP contribution in [0.2, 0.25) is 0 Å². The molecule has 35 heavy (non-hydrogen) atoms. The van der Waals surface area contributed by atoms with E-state index in [9.17, 15) is 19.7 Å². The minimum Gasteiger partial charge on any atom is -0.493 e. The molecule has 0 spiro atoms. The summed E-state index contributed by atoms with van der Waals surface area (Å²) in [5, 5.41) is 10.9. The number of rotatable bonds is 8. The Kier molecular flexibility index (Phi) is 7.17. The van der Waals surface area contributed by atoms with E-state index in [0.717, 1.165) is 22.9 Å². The average molecular weight is 491 g/mol. The Morgan fingerprint density at radius 2 is 1.71 bits per heavy atom. The van der Waals surface area contributed by atoms with Gasteiger partial charge in [0.2, 0.25) is 0 Å². The van der Waals surface area contributed by atoms with Crippen molar-refractivity contribution in [2.45, 2.75) is 20.1 Å². The molecule has 0 aromatic heterocycles. The first-order valence-electron chi connectivity index (χ1n) is 10.7. The first-order chi connectivity index (χ1) is 16.9. The van der Waals surface area contributed by atoms with Gasteiger partial charge in [-0.3, -0.25) is 24.6 Å². The summed E-state index contributed by atoms with van der Waals surface area (Å²) in [4.78, 5) is 37.7. The first-order valence-corrected chi connectivity index (χ1v) is 11.5. The number of hydrogen-bond acceptors (Lipinski definition) is 7. The van der Waals surface area contributed by atoms with Crippen LogP contribution in [0.1, 0.15) is 22.3 Å². The molecule has 1 aliphatic heterocycles. The van der Waals surface area contributed by atoms with Gasteiger partial charge in [-0.2, -0.15) is 0 Å². The molecule has 0 atom stereocenters. The van der Waals surface area contributed by atoms with E-state index in [4.69, 9.17) is 9.47 Å². The topological polar surface area (TPSA) is 99.0 Å². The molecule has 0 bridgehead atoms. The van der Waals surface area contributed by atoms with Crippen molar-refractivity contribution >= 4 is 34.7 Å². The summed E-state index contributed by atoms with van der Waals surface area (Å²) >= 11 is 0.894. The van der Waals surface area contributed by atoms with Gasteiger partial charge in [-0.25, -0.2) is 0 Å². The number of nitro groups is 1. The molecule has 1 saturated heterocycles. The SMILES string of the molecule is COc1cc(/C=C2\SC(=O)N(Cc3ccccc3C)C2=O)ccc1OCc1ccccc1[N+](=O)[O-]. The number of nitrogens with zero attached hydrogens (tertiary/aromatic N) is 2. The molecule has 3 aromatic carbocycles. The van der Waals surface area contributed by atoms with Crippen LogP contribution in [0.15, 0.2) is 71.6 Å². The summed E-state index contributed by atoms with van der Waals surface area (Å²) in [7, 11) is 1.48. The molecule has 1 aliphatic rings. The fourth-order valence-electron chi connectivity index (χ4n) is 3.61. The second kappa shape index (κ2) is 10.4.